The summed E-state index contributed by atoms with van der Waals surface area (Å²) in [6.07, 6.45) is 7.30. The van der Waals surface area contributed by atoms with Gasteiger partial charge in [-0.15, -0.1) is 0 Å². The molecule has 3 aromatic carbocycles. The molecular formula is C32H32ClN3O6. The number of halogens is 1. The molecule has 42 heavy (non-hydrogen) atoms. The first kappa shape index (κ1) is 31.5. The summed E-state index contributed by atoms with van der Waals surface area (Å²) in [5.74, 6) is 0.801. The number of nitrogens with one attached hydrogen (secondary N) is 3. The van der Waals surface area contributed by atoms with E-state index in [2.05, 4.69) is 22.5 Å². The van der Waals surface area contributed by atoms with Gasteiger partial charge in [-0.1, -0.05) is 36.4 Å². The van der Waals surface area contributed by atoms with Gasteiger partial charge in [-0.05, 0) is 77.9 Å². The van der Waals surface area contributed by atoms with Crippen molar-refractivity contribution in [3.8, 4) is 17.2 Å². The molecule has 3 amide bonds. The van der Waals surface area contributed by atoms with Gasteiger partial charge < -0.3 is 30.2 Å². The standard InChI is InChI=1S/C32H32ClN3O6/c1-3-30(37)34-17-19-41-27-7-4-6-23(20-27)10-16-31(38)35-22-24-9-15-28(29(21-24)40-2)42-18-5-8-32(39)36-26-13-11-25(33)12-14-26/h3-16,20-21H,1,17-19,22H2,2H3,(H,34,37)(H,35,38)(H,36,39)/b8-5+,16-10+. The zero-order chi connectivity index (χ0) is 30.2. The molecule has 0 spiro atoms. The number of carbonyl (C=O) groups excluding carboxylic acids is 3. The van der Waals surface area contributed by atoms with E-state index in [4.69, 9.17) is 25.8 Å². The summed E-state index contributed by atoms with van der Waals surface area (Å²) >= 11 is 5.85. The molecule has 0 saturated carbocycles. The van der Waals surface area contributed by atoms with Crippen LogP contribution in [-0.4, -0.2) is 44.6 Å². The maximum atomic E-state index is 12.4. The van der Waals surface area contributed by atoms with Crippen LogP contribution in [0.25, 0.3) is 6.08 Å². The van der Waals surface area contributed by atoms with Gasteiger partial charge in [0, 0.05) is 29.4 Å². The average molecular weight is 590 g/mol. The first-order chi connectivity index (χ1) is 20.4. The molecule has 0 radical (unpaired) electrons. The van der Waals surface area contributed by atoms with Crippen molar-refractivity contribution in [3.05, 3.63) is 114 Å². The fourth-order valence-electron chi connectivity index (χ4n) is 3.49. The monoisotopic (exact) mass is 589 g/mol. The number of carbonyl (C=O) groups is 3. The summed E-state index contributed by atoms with van der Waals surface area (Å²) in [5.41, 5.74) is 2.24. The summed E-state index contributed by atoms with van der Waals surface area (Å²) in [6.45, 7) is 4.49. The van der Waals surface area contributed by atoms with E-state index >= 15 is 0 Å². The third-order valence-electron chi connectivity index (χ3n) is 5.55. The van der Waals surface area contributed by atoms with Crippen LogP contribution >= 0.6 is 11.6 Å². The molecule has 0 fully saturated rings. The number of anilines is 1. The Labute approximate surface area is 249 Å². The number of methoxy groups -OCH3 is 1. The second kappa shape index (κ2) is 16.9. The SMILES string of the molecule is C=CC(=O)NCCOc1cccc(/C=C/C(=O)NCc2ccc(OC/C=C/C(=O)Nc3ccc(Cl)cc3)c(OC)c2)c1. The zero-order valence-electron chi connectivity index (χ0n) is 23.1. The number of rotatable bonds is 15. The second-order valence-electron chi connectivity index (χ2n) is 8.66. The van der Waals surface area contributed by atoms with Crippen LogP contribution in [0, 0.1) is 0 Å². The molecule has 0 aliphatic carbocycles. The van der Waals surface area contributed by atoms with Gasteiger partial charge >= 0.3 is 0 Å². The number of hydrogen-bond donors (Lipinski definition) is 3. The molecule has 0 saturated heterocycles. The lowest BCUT2D eigenvalue weighted by Gasteiger charge is -2.11. The Balaban J connectivity index is 1.43. The van der Waals surface area contributed by atoms with Crippen LogP contribution in [0.3, 0.4) is 0 Å². The van der Waals surface area contributed by atoms with E-state index in [1.807, 2.05) is 18.2 Å². The summed E-state index contributed by atoms with van der Waals surface area (Å²) in [7, 11) is 1.53. The van der Waals surface area contributed by atoms with E-state index < -0.39 is 0 Å². The summed E-state index contributed by atoms with van der Waals surface area (Å²) in [5, 5.41) is 8.79. The second-order valence-corrected chi connectivity index (χ2v) is 9.10. The minimum absolute atomic E-state index is 0.156. The lowest BCUT2D eigenvalue weighted by atomic mass is 10.2. The molecule has 0 aliphatic heterocycles. The third-order valence-corrected chi connectivity index (χ3v) is 5.80. The van der Waals surface area contributed by atoms with Gasteiger partial charge in [0.05, 0.1) is 13.7 Å². The Morgan fingerprint density at radius 3 is 2.45 bits per heavy atom. The van der Waals surface area contributed by atoms with Crippen LogP contribution in [0.15, 0.2) is 97.6 Å². The van der Waals surface area contributed by atoms with Gasteiger partial charge in [-0.3, -0.25) is 14.4 Å². The van der Waals surface area contributed by atoms with Crippen molar-refractivity contribution in [3.63, 3.8) is 0 Å². The molecule has 218 valence electrons. The molecule has 3 rings (SSSR count). The van der Waals surface area contributed by atoms with Crippen molar-refractivity contribution < 1.29 is 28.6 Å². The summed E-state index contributed by atoms with van der Waals surface area (Å²) in [6, 6.07) is 19.4. The number of hydrogen-bond acceptors (Lipinski definition) is 6. The molecular weight excluding hydrogens is 558 g/mol. The largest absolute Gasteiger partial charge is 0.493 e. The van der Waals surface area contributed by atoms with E-state index in [1.165, 1.54) is 25.3 Å². The van der Waals surface area contributed by atoms with Crippen LogP contribution in [-0.2, 0) is 20.9 Å². The molecule has 0 aliphatic rings. The topological polar surface area (TPSA) is 115 Å². The molecule has 0 aromatic heterocycles. The van der Waals surface area contributed by atoms with Gasteiger partial charge in [0.1, 0.15) is 19.0 Å². The quantitative estimate of drug-likeness (QED) is 0.171. The van der Waals surface area contributed by atoms with E-state index in [1.54, 1.807) is 60.7 Å². The highest BCUT2D eigenvalue weighted by Crippen LogP contribution is 2.28. The molecule has 9 nitrogen and oxygen atoms in total. The maximum absolute atomic E-state index is 12.4. The molecule has 10 heteroatoms. The fraction of sp³-hybridized carbons (Fsp3) is 0.156. The number of amides is 3. The van der Waals surface area contributed by atoms with E-state index in [9.17, 15) is 14.4 Å². The molecule has 3 aromatic rings. The first-order valence-corrected chi connectivity index (χ1v) is 13.4. The highest BCUT2D eigenvalue weighted by Gasteiger charge is 2.07. The highest BCUT2D eigenvalue weighted by molar-refractivity contribution is 6.30. The van der Waals surface area contributed by atoms with E-state index in [-0.39, 0.29) is 30.9 Å². The Bertz CT molecular complexity index is 1440. The van der Waals surface area contributed by atoms with Crippen molar-refractivity contribution in [1.29, 1.82) is 0 Å². The van der Waals surface area contributed by atoms with E-state index in [0.29, 0.717) is 41.1 Å². The average Bonchev–Trinajstić information content (AvgIpc) is 3.00. The van der Waals surface area contributed by atoms with Crippen LogP contribution in [0.2, 0.25) is 5.02 Å². The molecule has 0 atom stereocenters. The van der Waals surface area contributed by atoms with Gasteiger partial charge in [0.2, 0.25) is 17.7 Å². The van der Waals surface area contributed by atoms with Gasteiger partial charge in [0.15, 0.2) is 11.5 Å². The van der Waals surface area contributed by atoms with Gasteiger partial charge in [-0.2, -0.15) is 0 Å². The fourth-order valence-corrected chi connectivity index (χ4v) is 3.62. The highest BCUT2D eigenvalue weighted by atomic mass is 35.5. The Hall–Kier alpha value is -5.02. The van der Waals surface area contributed by atoms with Crippen LogP contribution in [0.5, 0.6) is 17.2 Å². The van der Waals surface area contributed by atoms with Crippen molar-refractivity contribution in [2.45, 2.75) is 6.54 Å². The van der Waals surface area contributed by atoms with Crippen molar-refractivity contribution in [2.24, 2.45) is 0 Å². The first-order valence-electron chi connectivity index (χ1n) is 13.0. The van der Waals surface area contributed by atoms with Crippen LogP contribution in [0.1, 0.15) is 11.1 Å². The smallest absolute Gasteiger partial charge is 0.248 e. The lowest BCUT2D eigenvalue weighted by Crippen LogP contribution is -2.26. The summed E-state index contributed by atoms with van der Waals surface area (Å²) in [4.78, 5) is 35.6. The van der Waals surface area contributed by atoms with Crippen LogP contribution < -0.4 is 30.2 Å². The minimum atomic E-state index is -0.291. The van der Waals surface area contributed by atoms with Crippen LogP contribution in [0.4, 0.5) is 5.69 Å². The zero-order valence-corrected chi connectivity index (χ0v) is 23.9. The summed E-state index contributed by atoms with van der Waals surface area (Å²) < 4.78 is 16.8. The Morgan fingerprint density at radius 1 is 0.881 bits per heavy atom. The van der Waals surface area contributed by atoms with Crippen molar-refractivity contribution >= 4 is 41.1 Å². The number of ether oxygens (including phenoxy) is 3. The van der Waals surface area contributed by atoms with Gasteiger partial charge in [0.25, 0.3) is 0 Å². The van der Waals surface area contributed by atoms with E-state index in [0.717, 1.165) is 11.1 Å². The van der Waals surface area contributed by atoms with Crippen molar-refractivity contribution in [2.75, 3.05) is 32.2 Å². The lowest BCUT2D eigenvalue weighted by molar-refractivity contribution is -0.117. The normalized spacial score (nSPS) is 10.7. The Morgan fingerprint density at radius 2 is 1.69 bits per heavy atom. The predicted molar refractivity (Wildman–Crippen MR) is 164 cm³/mol. The predicted octanol–water partition coefficient (Wildman–Crippen LogP) is 4.93. The molecule has 3 N–H and O–H groups in total. The van der Waals surface area contributed by atoms with Gasteiger partial charge in [-0.25, -0.2) is 0 Å². The molecule has 0 unspecified atom stereocenters. The maximum Gasteiger partial charge on any atom is 0.248 e. The molecule has 0 bridgehead atoms. The number of benzene rings is 3. The third kappa shape index (κ3) is 11.2. The molecule has 0 heterocycles. The van der Waals surface area contributed by atoms with Crippen molar-refractivity contribution in [1.82, 2.24) is 10.6 Å². The minimum Gasteiger partial charge on any atom is -0.493 e. The Kier molecular flexibility index (Phi) is 12.7.